The summed E-state index contributed by atoms with van der Waals surface area (Å²) in [6, 6.07) is 2.70. The van der Waals surface area contributed by atoms with Crippen molar-refractivity contribution in [2.45, 2.75) is 6.61 Å². The van der Waals surface area contributed by atoms with Crippen LogP contribution in [0, 0.1) is 10.1 Å². The molecule has 1 aromatic rings. The number of morpholine rings is 1. The minimum Gasteiger partial charge on any atom is -0.390 e. The number of aromatic nitrogens is 1. The fourth-order valence-electron chi connectivity index (χ4n) is 1.70. The summed E-state index contributed by atoms with van der Waals surface area (Å²) in [5, 5.41) is 19.8. The van der Waals surface area contributed by atoms with Crippen molar-refractivity contribution in [2.24, 2.45) is 0 Å². The van der Waals surface area contributed by atoms with Gasteiger partial charge in [-0.1, -0.05) is 0 Å². The minimum atomic E-state index is -0.481. The summed E-state index contributed by atoms with van der Waals surface area (Å²) in [5.74, 6) is 0.520. The highest BCUT2D eigenvalue weighted by Crippen LogP contribution is 2.21. The van der Waals surface area contributed by atoms with E-state index in [1.54, 1.807) is 0 Å². The number of hydrogen-bond donors (Lipinski definition) is 1. The largest absolute Gasteiger partial charge is 0.390 e. The van der Waals surface area contributed by atoms with Crippen molar-refractivity contribution in [3.05, 3.63) is 27.9 Å². The summed E-state index contributed by atoms with van der Waals surface area (Å²) in [6.07, 6.45) is 0. The van der Waals surface area contributed by atoms with Gasteiger partial charge in [0.15, 0.2) is 0 Å². The Bertz CT molecular complexity index is 418. The maximum Gasteiger partial charge on any atom is 0.275 e. The van der Waals surface area contributed by atoms with Crippen LogP contribution in [0.1, 0.15) is 5.69 Å². The predicted octanol–water partition coefficient (Wildman–Crippen LogP) is 0.319. The molecule has 2 heterocycles. The third-order valence-corrected chi connectivity index (χ3v) is 2.56. The molecular formula is C10H13N3O4. The van der Waals surface area contributed by atoms with Crippen molar-refractivity contribution in [3.8, 4) is 0 Å². The maximum atomic E-state index is 10.8. The summed E-state index contributed by atoms with van der Waals surface area (Å²) in [4.78, 5) is 16.4. The van der Waals surface area contributed by atoms with Gasteiger partial charge in [0, 0.05) is 19.2 Å². The van der Waals surface area contributed by atoms with Crippen LogP contribution in [-0.2, 0) is 11.3 Å². The van der Waals surface area contributed by atoms with E-state index in [0.29, 0.717) is 37.8 Å². The van der Waals surface area contributed by atoms with E-state index in [-0.39, 0.29) is 12.3 Å². The number of ether oxygens (including phenoxy) is 1. The lowest BCUT2D eigenvalue weighted by Gasteiger charge is -2.27. The molecule has 1 saturated heterocycles. The van der Waals surface area contributed by atoms with Crippen LogP contribution >= 0.6 is 0 Å². The first kappa shape index (κ1) is 11.7. The molecule has 0 spiro atoms. The van der Waals surface area contributed by atoms with E-state index >= 15 is 0 Å². The van der Waals surface area contributed by atoms with Gasteiger partial charge in [0.1, 0.15) is 5.82 Å². The molecule has 17 heavy (non-hydrogen) atoms. The highest BCUT2D eigenvalue weighted by atomic mass is 16.6. The summed E-state index contributed by atoms with van der Waals surface area (Å²) in [5.41, 5.74) is 0.256. The molecule has 0 unspecified atom stereocenters. The van der Waals surface area contributed by atoms with Gasteiger partial charge in [0.25, 0.3) is 5.69 Å². The number of pyridine rings is 1. The number of aliphatic hydroxyl groups is 1. The number of rotatable bonds is 3. The molecular weight excluding hydrogens is 226 g/mol. The number of nitrogens with zero attached hydrogens (tertiary/aromatic N) is 3. The summed E-state index contributed by atoms with van der Waals surface area (Å²) in [7, 11) is 0. The van der Waals surface area contributed by atoms with Crippen LogP contribution in [0.3, 0.4) is 0 Å². The summed E-state index contributed by atoms with van der Waals surface area (Å²) >= 11 is 0. The van der Waals surface area contributed by atoms with E-state index in [1.807, 2.05) is 4.90 Å². The van der Waals surface area contributed by atoms with Crippen molar-refractivity contribution in [3.63, 3.8) is 0 Å². The topological polar surface area (TPSA) is 88.7 Å². The van der Waals surface area contributed by atoms with Gasteiger partial charge in [0.05, 0.1) is 36.5 Å². The van der Waals surface area contributed by atoms with Gasteiger partial charge in [-0.15, -0.1) is 0 Å². The van der Waals surface area contributed by atoms with Crippen LogP contribution in [0.5, 0.6) is 0 Å². The normalized spacial score (nSPS) is 15.9. The zero-order chi connectivity index (χ0) is 12.3. The van der Waals surface area contributed by atoms with Gasteiger partial charge in [-0.2, -0.15) is 0 Å². The molecule has 0 amide bonds. The predicted molar refractivity (Wildman–Crippen MR) is 59.8 cm³/mol. The number of aliphatic hydroxyl groups excluding tert-OH is 1. The highest BCUT2D eigenvalue weighted by molar-refractivity contribution is 5.48. The molecule has 1 N–H and O–H groups in total. The van der Waals surface area contributed by atoms with Crippen LogP contribution < -0.4 is 4.90 Å². The molecule has 0 aliphatic carbocycles. The van der Waals surface area contributed by atoms with Crippen LogP contribution in [0.15, 0.2) is 12.1 Å². The lowest BCUT2D eigenvalue weighted by molar-refractivity contribution is -0.385. The average Bonchev–Trinajstić information content (AvgIpc) is 2.39. The van der Waals surface area contributed by atoms with Gasteiger partial charge >= 0.3 is 0 Å². The lowest BCUT2D eigenvalue weighted by Crippen LogP contribution is -2.36. The molecule has 2 rings (SSSR count). The van der Waals surface area contributed by atoms with E-state index in [0.717, 1.165) is 0 Å². The van der Waals surface area contributed by atoms with Gasteiger partial charge < -0.3 is 14.7 Å². The first-order chi connectivity index (χ1) is 8.20. The van der Waals surface area contributed by atoms with Crippen LogP contribution in [-0.4, -0.2) is 41.3 Å². The maximum absolute atomic E-state index is 10.8. The molecule has 7 nitrogen and oxygen atoms in total. The van der Waals surface area contributed by atoms with Crippen molar-refractivity contribution in [1.82, 2.24) is 4.98 Å². The third kappa shape index (κ3) is 2.69. The Morgan fingerprint density at radius 2 is 2.18 bits per heavy atom. The van der Waals surface area contributed by atoms with Gasteiger partial charge in [-0.3, -0.25) is 10.1 Å². The third-order valence-electron chi connectivity index (χ3n) is 2.56. The fraction of sp³-hybridized carbons (Fsp3) is 0.500. The Kier molecular flexibility index (Phi) is 3.50. The SMILES string of the molecule is O=[N+]([O-])c1cc(CO)nc(N2CCOCC2)c1. The molecule has 0 radical (unpaired) electrons. The van der Waals surface area contributed by atoms with E-state index in [1.165, 1.54) is 12.1 Å². The second-order valence-corrected chi connectivity index (χ2v) is 3.69. The molecule has 92 valence electrons. The Balaban J connectivity index is 2.31. The molecule has 0 saturated carbocycles. The Hall–Kier alpha value is -1.73. The molecule has 1 aromatic heterocycles. The Labute approximate surface area is 97.8 Å². The Morgan fingerprint density at radius 3 is 2.76 bits per heavy atom. The lowest BCUT2D eigenvalue weighted by atomic mass is 10.3. The van der Waals surface area contributed by atoms with E-state index in [4.69, 9.17) is 9.84 Å². The zero-order valence-electron chi connectivity index (χ0n) is 9.20. The fourth-order valence-corrected chi connectivity index (χ4v) is 1.70. The van der Waals surface area contributed by atoms with E-state index in [2.05, 4.69) is 4.98 Å². The second-order valence-electron chi connectivity index (χ2n) is 3.69. The molecule has 7 heteroatoms. The monoisotopic (exact) mass is 239 g/mol. The number of anilines is 1. The van der Waals surface area contributed by atoms with E-state index in [9.17, 15) is 10.1 Å². The molecule has 1 aliphatic heterocycles. The molecule has 1 fully saturated rings. The van der Waals surface area contributed by atoms with Crippen molar-refractivity contribution in [2.75, 3.05) is 31.2 Å². The number of hydrogen-bond acceptors (Lipinski definition) is 6. The Morgan fingerprint density at radius 1 is 1.47 bits per heavy atom. The molecule has 0 atom stereocenters. The zero-order valence-corrected chi connectivity index (χ0v) is 9.20. The first-order valence-corrected chi connectivity index (χ1v) is 5.29. The van der Waals surface area contributed by atoms with Gasteiger partial charge in [0.2, 0.25) is 0 Å². The number of nitro groups is 1. The first-order valence-electron chi connectivity index (χ1n) is 5.29. The second kappa shape index (κ2) is 5.07. The van der Waals surface area contributed by atoms with Crippen molar-refractivity contribution in [1.29, 1.82) is 0 Å². The van der Waals surface area contributed by atoms with Crippen molar-refractivity contribution >= 4 is 11.5 Å². The minimum absolute atomic E-state index is 0.0504. The molecule has 0 aromatic carbocycles. The van der Waals surface area contributed by atoms with Crippen LogP contribution in [0.25, 0.3) is 0 Å². The molecule has 0 bridgehead atoms. The van der Waals surface area contributed by atoms with Crippen LogP contribution in [0.4, 0.5) is 11.5 Å². The quantitative estimate of drug-likeness (QED) is 0.603. The standard InChI is InChI=1S/C10H13N3O4/c14-7-8-5-9(13(15)16)6-10(11-8)12-1-3-17-4-2-12/h5-6,14H,1-4,7H2. The summed E-state index contributed by atoms with van der Waals surface area (Å²) < 4.78 is 5.20. The van der Waals surface area contributed by atoms with Gasteiger partial charge in [-0.25, -0.2) is 4.98 Å². The van der Waals surface area contributed by atoms with Crippen LogP contribution in [0.2, 0.25) is 0 Å². The average molecular weight is 239 g/mol. The highest BCUT2D eigenvalue weighted by Gasteiger charge is 2.17. The van der Waals surface area contributed by atoms with E-state index < -0.39 is 4.92 Å². The molecule has 1 aliphatic rings. The summed E-state index contributed by atoms with van der Waals surface area (Å²) in [6.45, 7) is 2.16. The van der Waals surface area contributed by atoms with Gasteiger partial charge in [-0.05, 0) is 0 Å². The van der Waals surface area contributed by atoms with Crippen molar-refractivity contribution < 1.29 is 14.8 Å². The smallest absolute Gasteiger partial charge is 0.275 e.